The van der Waals surface area contributed by atoms with Gasteiger partial charge in [0.15, 0.2) is 0 Å². The molecule has 0 aromatic carbocycles. The molecule has 14 heavy (non-hydrogen) atoms. The van der Waals surface area contributed by atoms with Gasteiger partial charge in [-0.3, -0.25) is 0 Å². The molecule has 1 N–H and O–H groups in total. The van der Waals surface area contributed by atoms with Crippen LogP contribution < -0.4 is 0 Å². The van der Waals surface area contributed by atoms with Gasteiger partial charge in [0.2, 0.25) is 0 Å². The van der Waals surface area contributed by atoms with Crippen LogP contribution in [-0.2, 0) is 0 Å². The highest BCUT2D eigenvalue weighted by Crippen LogP contribution is 2.45. The highest BCUT2D eigenvalue weighted by molar-refractivity contribution is 5.87. The van der Waals surface area contributed by atoms with Crippen molar-refractivity contribution in [2.75, 3.05) is 0 Å². The first-order chi connectivity index (χ1) is 6.83. The minimum absolute atomic E-state index is 0.461. The molecule has 2 unspecified atom stereocenters. The molecule has 0 saturated heterocycles. The van der Waals surface area contributed by atoms with E-state index in [-0.39, 0.29) is 0 Å². The van der Waals surface area contributed by atoms with Crippen LogP contribution in [0.1, 0.15) is 19.8 Å². The number of nitrogens with zero attached hydrogens (tertiary/aromatic N) is 1. The van der Waals surface area contributed by atoms with Crippen molar-refractivity contribution >= 4 is 5.71 Å². The summed E-state index contributed by atoms with van der Waals surface area (Å²) in [5.74, 6) is 1.03. The SMILES string of the molecule is C/C(=N\O)C1CC1C1=CC=CCC=C1. The fraction of sp³-hybridized carbons (Fsp3) is 0.417. The lowest BCUT2D eigenvalue weighted by molar-refractivity contribution is 0.316. The molecule has 0 aliphatic heterocycles. The van der Waals surface area contributed by atoms with Crippen molar-refractivity contribution in [2.45, 2.75) is 19.8 Å². The zero-order valence-corrected chi connectivity index (χ0v) is 8.35. The van der Waals surface area contributed by atoms with E-state index in [0.717, 1.165) is 18.6 Å². The Morgan fingerprint density at radius 3 is 3.14 bits per heavy atom. The number of oxime groups is 1. The smallest absolute Gasteiger partial charge is 0.0577 e. The number of hydrogen-bond donors (Lipinski definition) is 1. The third-order valence-electron chi connectivity index (χ3n) is 2.92. The van der Waals surface area contributed by atoms with Gasteiger partial charge in [0.05, 0.1) is 5.71 Å². The fourth-order valence-electron chi connectivity index (χ4n) is 1.94. The zero-order valence-electron chi connectivity index (χ0n) is 8.35. The summed E-state index contributed by atoms with van der Waals surface area (Å²) in [5.41, 5.74) is 2.23. The van der Waals surface area contributed by atoms with Crippen molar-refractivity contribution in [2.24, 2.45) is 17.0 Å². The lowest BCUT2D eigenvalue weighted by Gasteiger charge is -1.98. The first-order valence-corrected chi connectivity index (χ1v) is 5.04. The van der Waals surface area contributed by atoms with Crippen LogP contribution in [0.2, 0.25) is 0 Å². The predicted molar refractivity (Wildman–Crippen MR) is 57.5 cm³/mol. The second-order valence-corrected chi connectivity index (χ2v) is 3.92. The van der Waals surface area contributed by atoms with Crippen molar-refractivity contribution < 1.29 is 5.21 Å². The Hall–Kier alpha value is -1.31. The number of allylic oxidation sites excluding steroid dienone is 6. The molecule has 0 radical (unpaired) electrons. The molecule has 2 rings (SSSR count). The van der Waals surface area contributed by atoms with E-state index in [4.69, 9.17) is 5.21 Å². The maximum Gasteiger partial charge on any atom is 0.0577 e. The molecule has 74 valence electrons. The molecule has 2 aliphatic rings. The number of hydrogen-bond acceptors (Lipinski definition) is 2. The van der Waals surface area contributed by atoms with E-state index in [1.807, 2.05) is 6.92 Å². The van der Waals surface area contributed by atoms with Crippen molar-refractivity contribution in [3.8, 4) is 0 Å². The van der Waals surface area contributed by atoms with Crippen LogP contribution in [0.3, 0.4) is 0 Å². The maximum absolute atomic E-state index is 8.65. The van der Waals surface area contributed by atoms with Gasteiger partial charge >= 0.3 is 0 Å². The molecule has 2 atom stereocenters. The second-order valence-electron chi connectivity index (χ2n) is 3.92. The quantitative estimate of drug-likeness (QED) is 0.404. The Balaban J connectivity index is 2.05. The van der Waals surface area contributed by atoms with Crippen LogP contribution in [0.4, 0.5) is 0 Å². The maximum atomic E-state index is 8.65. The molecule has 0 amide bonds. The van der Waals surface area contributed by atoms with Gasteiger partial charge in [-0.15, -0.1) is 0 Å². The van der Waals surface area contributed by atoms with Gasteiger partial charge in [0, 0.05) is 5.92 Å². The normalized spacial score (nSPS) is 31.2. The van der Waals surface area contributed by atoms with Crippen molar-refractivity contribution in [3.05, 3.63) is 36.0 Å². The summed E-state index contributed by atoms with van der Waals surface area (Å²) in [5, 5.41) is 11.9. The molecule has 1 saturated carbocycles. The summed E-state index contributed by atoms with van der Waals surface area (Å²) in [4.78, 5) is 0. The van der Waals surface area contributed by atoms with E-state index in [1.54, 1.807) is 0 Å². The van der Waals surface area contributed by atoms with Crippen LogP contribution in [0.15, 0.2) is 41.1 Å². The fourth-order valence-corrected chi connectivity index (χ4v) is 1.94. The van der Waals surface area contributed by atoms with Crippen LogP contribution in [-0.4, -0.2) is 10.9 Å². The van der Waals surface area contributed by atoms with Crippen LogP contribution in [0.5, 0.6) is 0 Å². The summed E-state index contributed by atoms with van der Waals surface area (Å²) >= 11 is 0. The molecular formula is C12H15NO. The van der Waals surface area contributed by atoms with E-state index in [9.17, 15) is 0 Å². The minimum Gasteiger partial charge on any atom is -0.411 e. The molecule has 2 aliphatic carbocycles. The first kappa shape index (κ1) is 9.25. The minimum atomic E-state index is 0.461. The molecular weight excluding hydrogens is 174 g/mol. The van der Waals surface area contributed by atoms with Gasteiger partial charge < -0.3 is 5.21 Å². The monoisotopic (exact) mass is 189 g/mol. The van der Waals surface area contributed by atoms with E-state index < -0.39 is 0 Å². The second kappa shape index (κ2) is 3.82. The number of rotatable bonds is 2. The van der Waals surface area contributed by atoms with E-state index in [1.165, 1.54) is 5.57 Å². The topological polar surface area (TPSA) is 32.6 Å². The largest absolute Gasteiger partial charge is 0.411 e. The summed E-state index contributed by atoms with van der Waals surface area (Å²) in [6, 6.07) is 0. The Morgan fingerprint density at radius 2 is 2.36 bits per heavy atom. The summed E-state index contributed by atoms with van der Waals surface area (Å²) < 4.78 is 0. The van der Waals surface area contributed by atoms with E-state index >= 15 is 0 Å². The molecule has 0 aromatic rings. The van der Waals surface area contributed by atoms with Crippen LogP contribution >= 0.6 is 0 Å². The Kier molecular flexibility index (Phi) is 2.53. The molecule has 0 aromatic heterocycles. The molecule has 0 heterocycles. The van der Waals surface area contributed by atoms with Gasteiger partial charge in [0.1, 0.15) is 0 Å². The van der Waals surface area contributed by atoms with Crippen molar-refractivity contribution in [1.29, 1.82) is 0 Å². The molecule has 2 nitrogen and oxygen atoms in total. The van der Waals surface area contributed by atoms with Gasteiger partial charge in [-0.1, -0.05) is 35.5 Å². The van der Waals surface area contributed by atoms with Crippen molar-refractivity contribution in [1.82, 2.24) is 0 Å². The highest BCUT2D eigenvalue weighted by Gasteiger charge is 2.41. The highest BCUT2D eigenvalue weighted by atomic mass is 16.4. The third-order valence-corrected chi connectivity index (χ3v) is 2.92. The molecule has 2 heteroatoms. The van der Waals surface area contributed by atoms with Crippen LogP contribution in [0.25, 0.3) is 0 Å². The van der Waals surface area contributed by atoms with E-state index in [2.05, 4.69) is 35.5 Å². The molecule has 0 spiro atoms. The summed E-state index contributed by atoms with van der Waals surface area (Å²) in [6.45, 7) is 1.89. The predicted octanol–water partition coefficient (Wildman–Crippen LogP) is 2.92. The summed E-state index contributed by atoms with van der Waals surface area (Å²) in [6.07, 6.45) is 12.9. The Morgan fingerprint density at radius 1 is 1.50 bits per heavy atom. The Bertz CT molecular complexity index is 336. The average Bonchev–Trinajstić information content (AvgIpc) is 2.99. The standard InChI is InChI=1S/C12H15NO/c1-9(13-14)11-8-12(11)10-6-4-2-3-5-7-10/h2,4-7,11-12,14H,3,8H2,1H3/b13-9+. The van der Waals surface area contributed by atoms with Crippen molar-refractivity contribution in [3.63, 3.8) is 0 Å². The molecule has 1 fully saturated rings. The third kappa shape index (κ3) is 1.79. The Labute approximate surface area is 84.3 Å². The summed E-state index contributed by atoms with van der Waals surface area (Å²) in [7, 11) is 0. The van der Waals surface area contributed by atoms with Crippen LogP contribution in [0, 0.1) is 11.8 Å². The van der Waals surface area contributed by atoms with E-state index in [0.29, 0.717) is 11.8 Å². The van der Waals surface area contributed by atoms with Gasteiger partial charge in [-0.25, -0.2) is 0 Å². The lowest BCUT2D eigenvalue weighted by atomic mass is 10.1. The van der Waals surface area contributed by atoms with Gasteiger partial charge in [0.25, 0.3) is 0 Å². The zero-order chi connectivity index (χ0) is 9.97. The van der Waals surface area contributed by atoms with Gasteiger partial charge in [-0.05, 0) is 31.3 Å². The lowest BCUT2D eigenvalue weighted by Crippen LogP contribution is -1.97. The average molecular weight is 189 g/mol. The first-order valence-electron chi connectivity index (χ1n) is 5.04. The van der Waals surface area contributed by atoms with Gasteiger partial charge in [-0.2, -0.15) is 0 Å². The molecule has 0 bridgehead atoms.